The first kappa shape index (κ1) is 17.1. The van der Waals surface area contributed by atoms with Crippen molar-refractivity contribution in [3.63, 3.8) is 0 Å². The summed E-state index contributed by atoms with van der Waals surface area (Å²) in [4.78, 5) is 14.2. The number of phenols is 1. The van der Waals surface area contributed by atoms with Gasteiger partial charge in [-0.2, -0.15) is 0 Å². The molecule has 0 bridgehead atoms. The Labute approximate surface area is 147 Å². The fraction of sp³-hybridized carbons (Fsp3) is 0.200. The van der Waals surface area contributed by atoms with E-state index in [-0.39, 0.29) is 11.7 Å². The van der Waals surface area contributed by atoms with E-state index in [1.54, 1.807) is 24.3 Å². The molecule has 1 aliphatic heterocycles. The normalized spacial score (nSPS) is 16.5. The number of rotatable bonds is 5. The maximum atomic E-state index is 12.3. The predicted molar refractivity (Wildman–Crippen MR) is 97.1 cm³/mol. The molecule has 4 nitrogen and oxygen atoms in total. The number of nitrogens with zero attached hydrogens (tertiary/aromatic N) is 1. The average Bonchev–Trinajstić information content (AvgIpc) is 2.72. The molecule has 7 heteroatoms. The van der Waals surface area contributed by atoms with Gasteiger partial charge in [0.1, 0.15) is 4.32 Å². The molecule has 1 amide bonds. The van der Waals surface area contributed by atoms with Crippen molar-refractivity contribution >= 4 is 56.2 Å². The Morgan fingerprint density at radius 2 is 2.27 bits per heavy atom. The first-order chi connectivity index (χ1) is 10.5. The van der Waals surface area contributed by atoms with Crippen LogP contribution in [0.1, 0.15) is 12.5 Å². The first-order valence-electron chi connectivity index (χ1n) is 6.49. The van der Waals surface area contributed by atoms with Crippen LogP contribution in [0.15, 0.2) is 34.2 Å². The second-order valence-electron chi connectivity index (χ2n) is 4.36. The van der Waals surface area contributed by atoms with E-state index in [9.17, 15) is 9.90 Å². The Kier molecular flexibility index (Phi) is 5.66. The smallest absolute Gasteiger partial charge is 0.266 e. The van der Waals surface area contributed by atoms with Gasteiger partial charge in [0.15, 0.2) is 11.5 Å². The Morgan fingerprint density at radius 1 is 1.55 bits per heavy atom. The molecule has 0 saturated carbocycles. The summed E-state index contributed by atoms with van der Waals surface area (Å²) in [5.41, 5.74) is 0.497. The van der Waals surface area contributed by atoms with E-state index in [1.165, 1.54) is 16.7 Å². The molecule has 1 aliphatic rings. The Balaban J connectivity index is 2.39. The highest BCUT2D eigenvalue weighted by Crippen LogP contribution is 2.38. The van der Waals surface area contributed by atoms with Crippen molar-refractivity contribution in [2.45, 2.75) is 6.92 Å². The van der Waals surface area contributed by atoms with Crippen LogP contribution in [0, 0.1) is 0 Å². The lowest BCUT2D eigenvalue weighted by molar-refractivity contribution is -0.121. The summed E-state index contributed by atoms with van der Waals surface area (Å²) in [5, 5.41) is 10.3. The Hall–Kier alpha value is -1.31. The molecule has 0 aromatic heterocycles. The van der Waals surface area contributed by atoms with E-state index < -0.39 is 0 Å². The fourth-order valence-corrected chi connectivity index (χ4v) is 3.62. The van der Waals surface area contributed by atoms with E-state index in [0.29, 0.717) is 33.7 Å². The summed E-state index contributed by atoms with van der Waals surface area (Å²) in [5.74, 6) is 0.177. The zero-order chi connectivity index (χ0) is 16.3. The van der Waals surface area contributed by atoms with Crippen LogP contribution in [0.2, 0.25) is 0 Å². The highest BCUT2D eigenvalue weighted by Gasteiger charge is 2.31. The number of carbonyl (C=O) groups excluding carboxylic acids is 1. The van der Waals surface area contributed by atoms with Gasteiger partial charge in [-0.25, -0.2) is 0 Å². The van der Waals surface area contributed by atoms with Crippen LogP contribution < -0.4 is 4.74 Å². The zero-order valence-electron chi connectivity index (χ0n) is 11.8. The highest BCUT2D eigenvalue weighted by atomic mass is 79.9. The van der Waals surface area contributed by atoms with Crippen molar-refractivity contribution in [3.8, 4) is 11.5 Å². The summed E-state index contributed by atoms with van der Waals surface area (Å²) in [6.07, 6.45) is 3.24. The summed E-state index contributed by atoms with van der Waals surface area (Å²) in [6, 6.07) is 3.40. The number of phenolic OH excluding ortho intramolecular Hbond substituents is 1. The van der Waals surface area contributed by atoms with Gasteiger partial charge in [-0.1, -0.05) is 46.0 Å². The van der Waals surface area contributed by atoms with Crippen LogP contribution >= 0.6 is 39.9 Å². The van der Waals surface area contributed by atoms with Gasteiger partial charge in [0.25, 0.3) is 5.91 Å². The number of thioether (sulfide) groups is 1. The number of halogens is 1. The van der Waals surface area contributed by atoms with Gasteiger partial charge in [-0.15, -0.1) is 6.58 Å². The number of aromatic hydroxyl groups is 1. The lowest BCUT2D eigenvalue weighted by Gasteiger charge is -2.11. The number of ether oxygens (including phenoxy) is 1. The minimum atomic E-state index is -0.188. The molecular weight excluding hydrogens is 386 g/mol. The summed E-state index contributed by atoms with van der Waals surface area (Å²) in [6.45, 7) is 6.26. The van der Waals surface area contributed by atoms with E-state index in [2.05, 4.69) is 22.5 Å². The van der Waals surface area contributed by atoms with Crippen molar-refractivity contribution in [2.75, 3.05) is 13.2 Å². The minimum absolute atomic E-state index is 0.000890. The van der Waals surface area contributed by atoms with Crippen molar-refractivity contribution in [3.05, 3.63) is 39.7 Å². The minimum Gasteiger partial charge on any atom is -0.504 e. The van der Waals surface area contributed by atoms with Crippen LogP contribution in [-0.4, -0.2) is 33.4 Å². The van der Waals surface area contributed by atoms with Gasteiger partial charge in [-0.05, 0) is 25.1 Å². The van der Waals surface area contributed by atoms with Crippen molar-refractivity contribution in [1.29, 1.82) is 0 Å². The lowest BCUT2D eigenvalue weighted by atomic mass is 10.1. The van der Waals surface area contributed by atoms with Crippen LogP contribution in [0.3, 0.4) is 0 Å². The third-order valence-electron chi connectivity index (χ3n) is 2.84. The van der Waals surface area contributed by atoms with E-state index in [0.717, 1.165) is 4.47 Å². The average molecular weight is 400 g/mol. The second kappa shape index (κ2) is 7.30. The number of amides is 1. The molecule has 1 fully saturated rings. The van der Waals surface area contributed by atoms with E-state index in [1.807, 2.05) is 6.92 Å². The van der Waals surface area contributed by atoms with Crippen LogP contribution in [0.5, 0.6) is 11.5 Å². The summed E-state index contributed by atoms with van der Waals surface area (Å²) in [7, 11) is 0. The van der Waals surface area contributed by atoms with E-state index in [4.69, 9.17) is 17.0 Å². The van der Waals surface area contributed by atoms with Gasteiger partial charge >= 0.3 is 0 Å². The standard InChI is InChI=1S/C15H14BrNO3S2/c1-3-5-17-14(19)12(22-15(17)21)7-9-6-10(16)8-11(13(9)18)20-4-2/h3,6-8,18H,1,4-5H2,2H3/b12-7-. The molecule has 2 rings (SSSR count). The molecular formula is C15H14BrNO3S2. The van der Waals surface area contributed by atoms with Gasteiger partial charge in [-0.3, -0.25) is 9.69 Å². The van der Waals surface area contributed by atoms with Crippen molar-refractivity contribution in [2.24, 2.45) is 0 Å². The maximum absolute atomic E-state index is 12.3. The van der Waals surface area contributed by atoms with Crippen LogP contribution in [-0.2, 0) is 4.79 Å². The molecule has 0 unspecified atom stereocenters. The number of hydrogen-bond donors (Lipinski definition) is 1. The molecule has 0 radical (unpaired) electrons. The molecule has 1 aromatic rings. The Morgan fingerprint density at radius 3 is 2.91 bits per heavy atom. The maximum Gasteiger partial charge on any atom is 0.266 e. The topological polar surface area (TPSA) is 49.8 Å². The zero-order valence-corrected chi connectivity index (χ0v) is 15.1. The van der Waals surface area contributed by atoms with Gasteiger partial charge in [0, 0.05) is 16.6 Å². The summed E-state index contributed by atoms with van der Waals surface area (Å²) >= 11 is 9.76. The second-order valence-corrected chi connectivity index (χ2v) is 6.95. The number of carbonyl (C=O) groups is 1. The molecule has 1 saturated heterocycles. The third kappa shape index (κ3) is 3.53. The molecule has 0 spiro atoms. The predicted octanol–water partition coefficient (Wildman–Crippen LogP) is 3.94. The highest BCUT2D eigenvalue weighted by molar-refractivity contribution is 9.10. The molecule has 22 heavy (non-hydrogen) atoms. The molecule has 1 heterocycles. The SMILES string of the molecule is C=CCN1C(=O)/C(=C/c2cc(Br)cc(OCC)c2O)SC1=S. The molecule has 1 N–H and O–H groups in total. The van der Waals surface area contributed by atoms with Gasteiger partial charge in [0.2, 0.25) is 0 Å². The molecule has 1 aromatic carbocycles. The van der Waals surface area contributed by atoms with Crippen molar-refractivity contribution in [1.82, 2.24) is 4.90 Å². The quantitative estimate of drug-likeness (QED) is 0.461. The third-order valence-corrected chi connectivity index (χ3v) is 4.68. The number of hydrogen-bond acceptors (Lipinski definition) is 5. The molecule has 0 atom stereocenters. The van der Waals surface area contributed by atoms with Crippen molar-refractivity contribution < 1.29 is 14.6 Å². The largest absolute Gasteiger partial charge is 0.504 e. The number of benzene rings is 1. The Bertz CT molecular complexity index is 673. The summed E-state index contributed by atoms with van der Waals surface area (Å²) < 4.78 is 6.61. The van der Waals surface area contributed by atoms with Crippen LogP contribution in [0.4, 0.5) is 0 Å². The fourth-order valence-electron chi connectivity index (χ4n) is 1.90. The first-order valence-corrected chi connectivity index (χ1v) is 8.51. The number of thiocarbonyl (C=S) groups is 1. The lowest BCUT2D eigenvalue weighted by Crippen LogP contribution is -2.27. The monoisotopic (exact) mass is 399 g/mol. The molecule has 0 aliphatic carbocycles. The van der Waals surface area contributed by atoms with Gasteiger partial charge in [0.05, 0.1) is 11.5 Å². The van der Waals surface area contributed by atoms with Gasteiger partial charge < -0.3 is 9.84 Å². The van der Waals surface area contributed by atoms with Crippen LogP contribution in [0.25, 0.3) is 6.08 Å². The van der Waals surface area contributed by atoms with E-state index >= 15 is 0 Å². The molecule has 116 valence electrons.